The zero-order valence-electron chi connectivity index (χ0n) is 16.7. The van der Waals surface area contributed by atoms with Gasteiger partial charge in [-0.15, -0.1) is 0 Å². The van der Waals surface area contributed by atoms with Gasteiger partial charge in [0.1, 0.15) is 23.2 Å². The predicted molar refractivity (Wildman–Crippen MR) is 118 cm³/mol. The number of aliphatic hydroxyl groups is 1. The minimum Gasteiger partial charge on any atom is -0.390 e. The molecule has 3 rings (SSSR count). The van der Waals surface area contributed by atoms with Crippen molar-refractivity contribution >= 4 is 23.2 Å². The number of anilines is 2. The molecule has 3 heterocycles. The standard InChI is InChI=1S/C21H26FN5O2.3H2/c1-13(22)15-6-7-17(27-10-9-24-14(12-27)11-21(2,3)29)26-18(15)19(28)16-5-4-8-25-20(16)23;;;/h4-8,14,24,29H,1,9-12H2,2-3H3,(H2,23,25);3*1H. The summed E-state index contributed by atoms with van der Waals surface area (Å²) in [5.41, 5.74) is 5.17. The van der Waals surface area contributed by atoms with E-state index in [1.54, 1.807) is 26.0 Å². The van der Waals surface area contributed by atoms with Crippen LogP contribution in [-0.4, -0.2) is 52.1 Å². The summed E-state index contributed by atoms with van der Waals surface area (Å²) in [6.07, 6.45) is 2.05. The van der Waals surface area contributed by atoms with E-state index in [1.807, 2.05) is 4.90 Å². The van der Waals surface area contributed by atoms with E-state index >= 15 is 0 Å². The van der Waals surface area contributed by atoms with Gasteiger partial charge in [-0.1, -0.05) is 6.58 Å². The maximum atomic E-state index is 14.0. The van der Waals surface area contributed by atoms with E-state index in [2.05, 4.69) is 21.9 Å². The van der Waals surface area contributed by atoms with Crippen molar-refractivity contribution in [3.8, 4) is 0 Å². The lowest BCUT2D eigenvalue weighted by atomic mass is 9.97. The van der Waals surface area contributed by atoms with Gasteiger partial charge in [-0.05, 0) is 44.5 Å². The van der Waals surface area contributed by atoms with E-state index in [0.29, 0.717) is 31.9 Å². The maximum absolute atomic E-state index is 14.0. The average molecular weight is 406 g/mol. The second-order valence-corrected chi connectivity index (χ2v) is 7.85. The van der Waals surface area contributed by atoms with Crippen LogP contribution in [0.15, 0.2) is 37.0 Å². The first-order valence-corrected chi connectivity index (χ1v) is 9.47. The molecule has 8 heteroatoms. The lowest BCUT2D eigenvalue weighted by molar-refractivity contribution is 0.0586. The molecule has 4 N–H and O–H groups in total. The number of halogens is 1. The highest BCUT2D eigenvalue weighted by molar-refractivity contribution is 6.12. The molecule has 0 bridgehead atoms. The Labute approximate surface area is 173 Å². The fourth-order valence-electron chi connectivity index (χ4n) is 3.53. The van der Waals surface area contributed by atoms with Crippen LogP contribution in [0.2, 0.25) is 0 Å². The molecule has 1 fully saturated rings. The number of carbonyl (C=O) groups is 1. The number of nitrogens with two attached hydrogens (primary N) is 1. The number of pyridine rings is 2. The number of nitrogen functional groups attached to an aromatic ring is 1. The summed E-state index contributed by atoms with van der Waals surface area (Å²) >= 11 is 0. The van der Waals surface area contributed by atoms with Crippen molar-refractivity contribution in [2.24, 2.45) is 0 Å². The van der Waals surface area contributed by atoms with E-state index in [1.165, 1.54) is 18.3 Å². The molecule has 1 atom stereocenters. The molecular weight excluding hydrogens is 373 g/mol. The van der Waals surface area contributed by atoms with Crippen LogP contribution >= 0.6 is 0 Å². The molecule has 0 radical (unpaired) electrons. The number of rotatable bonds is 6. The number of aromatic nitrogens is 2. The molecule has 0 spiro atoms. The molecule has 0 aliphatic carbocycles. The van der Waals surface area contributed by atoms with Gasteiger partial charge in [-0.2, -0.15) is 0 Å². The second-order valence-electron chi connectivity index (χ2n) is 7.85. The fraction of sp³-hybridized carbons (Fsp3) is 0.381. The minimum atomic E-state index is -0.803. The number of ketones is 1. The van der Waals surface area contributed by atoms with E-state index < -0.39 is 17.2 Å². The molecule has 0 saturated carbocycles. The van der Waals surface area contributed by atoms with Crippen molar-refractivity contribution in [3.05, 3.63) is 53.9 Å². The van der Waals surface area contributed by atoms with Crippen LogP contribution in [0.3, 0.4) is 0 Å². The average Bonchev–Trinajstić information content (AvgIpc) is 2.66. The van der Waals surface area contributed by atoms with Crippen molar-refractivity contribution in [1.82, 2.24) is 15.3 Å². The Bertz CT molecular complexity index is 940. The predicted octanol–water partition coefficient (Wildman–Crippen LogP) is 2.91. The van der Waals surface area contributed by atoms with Crippen LogP contribution in [0.4, 0.5) is 16.0 Å². The Morgan fingerprint density at radius 3 is 2.86 bits per heavy atom. The highest BCUT2D eigenvalue weighted by Gasteiger charge is 2.27. The lowest BCUT2D eigenvalue weighted by Gasteiger charge is -2.37. The number of piperazine rings is 1. The number of hydrogen-bond donors (Lipinski definition) is 3. The first-order chi connectivity index (χ1) is 13.7. The zero-order chi connectivity index (χ0) is 21.2. The highest BCUT2D eigenvalue weighted by Crippen LogP contribution is 2.26. The summed E-state index contributed by atoms with van der Waals surface area (Å²) in [6.45, 7) is 8.84. The summed E-state index contributed by atoms with van der Waals surface area (Å²) in [5, 5.41) is 13.5. The Balaban J connectivity index is 0.00000320. The largest absolute Gasteiger partial charge is 0.390 e. The van der Waals surface area contributed by atoms with Crippen molar-refractivity contribution in [2.45, 2.75) is 31.9 Å². The molecule has 1 aliphatic rings. The van der Waals surface area contributed by atoms with Crippen LogP contribution in [0.5, 0.6) is 0 Å². The molecule has 7 nitrogen and oxygen atoms in total. The molecule has 0 aromatic carbocycles. The maximum Gasteiger partial charge on any atom is 0.215 e. The third kappa shape index (κ3) is 4.96. The van der Waals surface area contributed by atoms with E-state index in [0.717, 1.165) is 0 Å². The van der Waals surface area contributed by atoms with Crippen LogP contribution in [0.1, 0.15) is 46.2 Å². The third-order valence-electron chi connectivity index (χ3n) is 4.80. The Morgan fingerprint density at radius 2 is 2.21 bits per heavy atom. The monoisotopic (exact) mass is 405 g/mol. The number of nitrogens with zero attached hydrogens (tertiary/aromatic N) is 3. The van der Waals surface area contributed by atoms with Gasteiger partial charge >= 0.3 is 0 Å². The molecule has 2 aromatic heterocycles. The number of carbonyl (C=O) groups excluding carboxylic acids is 1. The first kappa shape index (κ1) is 20.9. The van der Waals surface area contributed by atoms with Crippen molar-refractivity contribution in [2.75, 3.05) is 30.3 Å². The second kappa shape index (κ2) is 8.26. The van der Waals surface area contributed by atoms with Crippen molar-refractivity contribution < 1.29 is 18.6 Å². The van der Waals surface area contributed by atoms with E-state index in [4.69, 9.17) is 5.73 Å². The van der Waals surface area contributed by atoms with Crippen LogP contribution in [-0.2, 0) is 0 Å². The molecule has 1 unspecified atom stereocenters. The zero-order valence-corrected chi connectivity index (χ0v) is 16.7. The first-order valence-electron chi connectivity index (χ1n) is 9.47. The SMILES string of the molecule is C=C(F)c1ccc(N2CCNC(CC(C)(C)O)C2)nc1C(=O)c1cccnc1N.[HH].[HH].[HH]. The molecule has 29 heavy (non-hydrogen) atoms. The quantitative estimate of drug-likeness (QED) is 0.635. The van der Waals surface area contributed by atoms with Crippen LogP contribution < -0.4 is 16.0 Å². The van der Waals surface area contributed by atoms with Gasteiger partial charge in [-0.3, -0.25) is 4.79 Å². The van der Waals surface area contributed by atoms with E-state index in [-0.39, 0.29) is 33.0 Å². The Morgan fingerprint density at radius 1 is 1.45 bits per heavy atom. The van der Waals surface area contributed by atoms with Crippen molar-refractivity contribution in [1.29, 1.82) is 0 Å². The van der Waals surface area contributed by atoms with E-state index in [9.17, 15) is 14.3 Å². The normalized spacial score (nSPS) is 17.2. The number of nitrogens with one attached hydrogen (secondary N) is 1. The topological polar surface area (TPSA) is 104 Å². The van der Waals surface area contributed by atoms with Gasteiger partial charge in [-0.25, -0.2) is 14.4 Å². The third-order valence-corrected chi connectivity index (χ3v) is 4.80. The van der Waals surface area contributed by atoms with Gasteiger partial charge in [0.05, 0.1) is 11.2 Å². The molecule has 1 saturated heterocycles. The summed E-state index contributed by atoms with van der Waals surface area (Å²) in [6, 6.07) is 6.38. The van der Waals surface area contributed by atoms with Gasteiger partial charge < -0.3 is 21.1 Å². The summed E-state index contributed by atoms with van der Waals surface area (Å²) in [5.74, 6) is -0.625. The Hall–Kier alpha value is -2.84. The summed E-state index contributed by atoms with van der Waals surface area (Å²) in [7, 11) is 0. The smallest absolute Gasteiger partial charge is 0.215 e. The van der Waals surface area contributed by atoms with Gasteiger partial charge in [0, 0.05) is 41.7 Å². The van der Waals surface area contributed by atoms with Crippen LogP contribution in [0.25, 0.3) is 5.83 Å². The minimum absolute atomic E-state index is 0. The van der Waals surface area contributed by atoms with Crippen molar-refractivity contribution in [3.63, 3.8) is 0 Å². The van der Waals surface area contributed by atoms with Gasteiger partial charge in [0.2, 0.25) is 5.78 Å². The summed E-state index contributed by atoms with van der Waals surface area (Å²) in [4.78, 5) is 23.4. The molecule has 160 valence electrons. The molecule has 0 amide bonds. The molecular formula is C21H32FN5O2. The van der Waals surface area contributed by atoms with Crippen LogP contribution in [0, 0.1) is 0 Å². The lowest BCUT2D eigenvalue weighted by Crippen LogP contribution is -2.53. The Kier molecular flexibility index (Phi) is 5.95. The summed E-state index contributed by atoms with van der Waals surface area (Å²) < 4.78 is 14.0. The van der Waals surface area contributed by atoms with Gasteiger partial charge in [0.15, 0.2) is 0 Å². The highest BCUT2D eigenvalue weighted by atomic mass is 19.1. The molecule has 2 aromatic rings. The number of hydrogen-bond acceptors (Lipinski definition) is 7. The van der Waals surface area contributed by atoms with Gasteiger partial charge in [0.25, 0.3) is 0 Å². The fourth-order valence-corrected chi connectivity index (χ4v) is 3.53. The molecule has 1 aliphatic heterocycles.